The zero-order valence-corrected chi connectivity index (χ0v) is 15.2. The largest absolute Gasteiger partial charge is 0.325 e. The van der Waals surface area contributed by atoms with Crippen molar-refractivity contribution in [3.05, 3.63) is 58.6 Å². The second-order valence-corrected chi connectivity index (χ2v) is 6.76. The van der Waals surface area contributed by atoms with E-state index < -0.39 is 5.92 Å². The molecule has 3 rings (SSSR count). The standard InChI is InChI=1S/C19H17BrN2O3/c1-12(23)13-6-8-14(9-7-13)21-18(24)15-10-11-22(19(15)25)17-5-3-2-4-16(17)20/h2-9,15H,10-11H2,1H3,(H,21,24). The number of ketones is 1. The molecular weight excluding hydrogens is 384 g/mol. The van der Waals surface area contributed by atoms with Gasteiger partial charge in [-0.2, -0.15) is 0 Å². The molecule has 1 heterocycles. The van der Waals surface area contributed by atoms with Crippen LogP contribution >= 0.6 is 15.9 Å². The number of rotatable bonds is 4. The van der Waals surface area contributed by atoms with E-state index in [-0.39, 0.29) is 17.6 Å². The number of para-hydroxylation sites is 1. The van der Waals surface area contributed by atoms with Crippen LogP contribution in [0.15, 0.2) is 53.0 Å². The molecule has 0 aliphatic carbocycles. The third-order valence-electron chi connectivity index (χ3n) is 4.22. The number of benzene rings is 2. The van der Waals surface area contributed by atoms with Gasteiger partial charge in [0.05, 0.1) is 5.69 Å². The summed E-state index contributed by atoms with van der Waals surface area (Å²) in [6.07, 6.45) is 0.470. The molecule has 0 bridgehead atoms. The third kappa shape index (κ3) is 3.64. The van der Waals surface area contributed by atoms with Crippen molar-refractivity contribution in [2.75, 3.05) is 16.8 Å². The summed E-state index contributed by atoms with van der Waals surface area (Å²) in [5, 5.41) is 2.76. The topological polar surface area (TPSA) is 66.5 Å². The average Bonchev–Trinajstić information content (AvgIpc) is 2.97. The highest BCUT2D eigenvalue weighted by atomic mass is 79.9. The molecule has 1 N–H and O–H groups in total. The summed E-state index contributed by atoms with van der Waals surface area (Å²) in [6, 6.07) is 14.1. The minimum absolute atomic E-state index is 0.0343. The summed E-state index contributed by atoms with van der Waals surface area (Å²) in [5.41, 5.74) is 1.92. The molecule has 1 aliphatic rings. The predicted molar refractivity (Wildman–Crippen MR) is 99.7 cm³/mol. The zero-order valence-electron chi connectivity index (χ0n) is 13.7. The fraction of sp³-hybridized carbons (Fsp3) is 0.211. The predicted octanol–water partition coefficient (Wildman–Crippen LogP) is 3.64. The number of anilines is 2. The average molecular weight is 401 g/mol. The van der Waals surface area contributed by atoms with Gasteiger partial charge in [-0.05, 0) is 65.7 Å². The molecule has 2 aromatic rings. The number of amides is 2. The van der Waals surface area contributed by atoms with Gasteiger partial charge in [-0.25, -0.2) is 0 Å². The van der Waals surface area contributed by atoms with Crippen molar-refractivity contribution in [3.8, 4) is 0 Å². The molecule has 1 unspecified atom stereocenters. The maximum Gasteiger partial charge on any atom is 0.239 e. The second kappa shape index (κ2) is 7.19. The summed E-state index contributed by atoms with van der Waals surface area (Å²) >= 11 is 3.44. The molecule has 1 saturated heterocycles. The minimum Gasteiger partial charge on any atom is -0.325 e. The SMILES string of the molecule is CC(=O)c1ccc(NC(=O)C2CCN(c3ccccc3Br)C2=O)cc1. The van der Waals surface area contributed by atoms with Crippen molar-refractivity contribution in [3.63, 3.8) is 0 Å². The third-order valence-corrected chi connectivity index (χ3v) is 4.89. The van der Waals surface area contributed by atoms with Gasteiger partial charge in [0, 0.05) is 22.3 Å². The Morgan fingerprint density at radius 3 is 2.44 bits per heavy atom. The molecule has 1 atom stereocenters. The lowest BCUT2D eigenvalue weighted by Crippen LogP contribution is -2.33. The number of nitrogens with one attached hydrogen (secondary N) is 1. The molecule has 2 aromatic carbocycles. The van der Waals surface area contributed by atoms with E-state index in [1.165, 1.54) is 6.92 Å². The number of hydrogen-bond acceptors (Lipinski definition) is 3. The van der Waals surface area contributed by atoms with Crippen LogP contribution < -0.4 is 10.2 Å². The lowest BCUT2D eigenvalue weighted by Gasteiger charge is -2.18. The lowest BCUT2D eigenvalue weighted by molar-refractivity contribution is -0.129. The van der Waals surface area contributed by atoms with Crippen LogP contribution in [0.5, 0.6) is 0 Å². The van der Waals surface area contributed by atoms with Crippen LogP contribution in [0.2, 0.25) is 0 Å². The van der Waals surface area contributed by atoms with E-state index in [0.717, 1.165) is 10.2 Å². The van der Waals surface area contributed by atoms with E-state index >= 15 is 0 Å². The van der Waals surface area contributed by atoms with Crippen LogP contribution in [0.3, 0.4) is 0 Å². The number of carbonyl (C=O) groups is 3. The summed E-state index contributed by atoms with van der Waals surface area (Å²) in [6.45, 7) is 1.99. The first-order valence-corrected chi connectivity index (χ1v) is 8.74. The van der Waals surface area contributed by atoms with Gasteiger partial charge >= 0.3 is 0 Å². The monoisotopic (exact) mass is 400 g/mol. The first kappa shape index (κ1) is 17.4. The highest BCUT2D eigenvalue weighted by Gasteiger charge is 2.38. The van der Waals surface area contributed by atoms with Gasteiger partial charge in [0.15, 0.2) is 5.78 Å². The van der Waals surface area contributed by atoms with Crippen molar-refractivity contribution < 1.29 is 14.4 Å². The number of nitrogens with zero attached hydrogens (tertiary/aromatic N) is 1. The molecule has 0 saturated carbocycles. The van der Waals surface area contributed by atoms with Crippen molar-refractivity contribution in [2.24, 2.45) is 5.92 Å². The van der Waals surface area contributed by atoms with Crippen molar-refractivity contribution >= 4 is 44.9 Å². The molecule has 6 heteroatoms. The molecule has 0 spiro atoms. The van der Waals surface area contributed by atoms with Crippen molar-refractivity contribution in [1.29, 1.82) is 0 Å². The Morgan fingerprint density at radius 2 is 1.80 bits per heavy atom. The molecule has 0 aromatic heterocycles. The second-order valence-electron chi connectivity index (χ2n) is 5.91. The van der Waals surface area contributed by atoms with Crippen LogP contribution in [0.1, 0.15) is 23.7 Å². The fourth-order valence-corrected chi connectivity index (χ4v) is 3.35. The van der Waals surface area contributed by atoms with Gasteiger partial charge in [0.2, 0.25) is 11.8 Å². The molecule has 0 radical (unpaired) electrons. The van der Waals surface area contributed by atoms with Gasteiger partial charge in [0.1, 0.15) is 5.92 Å². The Hall–Kier alpha value is -2.47. The van der Waals surface area contributed by atoms with E-state index in [1.54, 1.807) is 29.2 Å². The zero-order chi connectivity index (χ0) is 18.0. The normalized spacial score (nSPS) is 16.8. The maximum absolute atomic E-state index is 12.6. The van der Waals surface area contributed by atoms with Gasteiger partial charge in [-0.3, -0.25) is 14.4 Å². The Kier molecular flexibility index (Phi) is 4.99. The summed E-state index contributed by atoms with van der Waals surface area (Å²) < 4.78 is 0.823. The molecular formula is C19H17BrN2O3. The highest BCUT2D eigenvalue weighted by molar-refractivity contribution is 9.10. The fourth-order valence-electron chi connectivity index (χ4n) is 2.85. The quantitative estimate of drug-likeness (QED) is 0.629. The number of Topliss-reactive ketones (excluding diaryl/α,β-unsaturated/α-hetero) is 1. The van der Waals surface area contributed by atoms with Gasteiger partial charge < -0.3 is 10.2 Å². The molecule has 25 heavy (non-hydrogen) atoms. The van der Waals surface area contributed by atoms with E-state index in [0.29, 0.717) is 24.2 Å². The number of carbonyl (C=O) groups excluding carboxylic acids is 3. The van der Waals surface area contributed by atoms with Crippen LogP contribution in [-0.4, -0.2) is 24.1 Å². The first-order chi connectivity index (χ1) is 12.0. The Morgan fingerprint density at radius 1 is 1.12 bits per heavy atom. The van der Waals surface area contributed by atoms with Crippen LogP contribution in [-0.2, 0) is 9.59 Å². The first-order valence-electron chi connectivity index (χ1n) is 7.95. The molecule has 1 aliphatic heterocycles. The minimum atomic E-state index is -0.709. The van der Waals surface area contributed by atoms with Gasteiger partial charge in [-0.1, -0.05) is 12.1 Å². The van der Waals surface area contributed by atoms with Crippen molar-refractivity contribution in [1.82, 2.24) is 0 Å². The summed E-state index contributed by atoms with van der Waals surface area (Å²) in [5.74, 6) is -1.27. The van der Waals surface area contributed by atoms with Crippen LogP contribution in [0.4, 0.5) is 11.4 Å². The Bertz CT molecular complexity index is 833. The highest BCUT2D eigenvalue weighted by Crippen LogP contribution is 2.31. The molecule has 128 valence electrons. The lowest BCUT2D eigenvalue weighted by atomic mass is 10.1. The molecule has 1 fully saturated rings. The Labute approximate surface area is 154 Å². The van der Waals surface area contributed by atoms with Crippen LogP contribution in [0.25, 0.3) is 0 Å². The summed E-state index contributed by atoms with van der Waals surface area (Å²) in [4.78, 5) is 38.0. The number of halogens is 1. The van der Waals surface area contributed by atoms with Crippen molar-refractivity contribution in [2.45, 2.75) is 13.3 Å². The van der Waals surface area contributed by atoms with E-state index in [1.807, 2.05) is 24.3 Å². The van der Waals surface area contributed by atoms with E-state index in [4.69, 9.17) is 0 Å². The molecule has 2 amide bonds. The molecule has 5 nitrogen and oxygen atoms in total. The summed E-state index contributed by atoms with van der Waals surface area (Å²) in [7, 11) is 0. The van der Waals surface area contributed by atoms with E-state index in [2.05, 4.69) is 21.2 Å². The maximum atomic E-state index is 12.6. The van der Waals surface area contributed by atoms with E-state index in [9.17, 15) is 14.4 Å². The van der Waals surface area contributed by atoms with Gasteiger partial charge in [-0.15, -0.1) is 0 Å². The van der Waals surface area contributed by atoms with Gasteiger partial charge in [0.25, 0.3) is 0 Å². The Balaban J connectivity index is 1.70. The van der Waals surface area contributed by atoms with Crippen LogP contribution in [0, 0.1) is 5.92 Å². The number of hydrogen-bond donors (Lipinski definition) is 1. The smallest absolute Gasteiger partial charge is 0.239 e.